The van der Waals surface area contributed by atoms with Gasteiger partial charge in [0.15, 0.2) is 6.61 Å². The average molecular weight is 441 g/mol. The molecule has 10 heteroatoms. The quantitative estimate of drug-likeness (QED) is 0.338. The molecular weight excluding hydrogens is 421 g/mol. The molecule has 0 saturated heterocycles. The molecule has 1 N–H and O–H groups in total. The van der Waals surface area contributed by atoms with E-state index in [4.69, 9.17) is 9.47 Å². The van der Waals surface area contributed by atoms with Gasteiger partial charge in [0.25, 0.3) is 11.6 Å². The van der Waals surface area contributed by atoms with Gasteiger partial charge in [-0.1, -0.05) is 0 Å². The van der Waals surface area contributed by atoms with Gasteiger partial charge in [0.1, 0.15) is 11.6 Å². The number of nitro benzene ring substituents is 1. The van der Waals surface area contributed by atoms with Crippen molar-refractivity contribution in [3.8, 4) is 11.4 Å². The van der Waals surface area contributed by atoms with E-state index < -0.39 is 23.4 Å². The van der Waals surface area contributed by atoms with E-state index in [2.05, 4.69) is 5.32 Å². The van der Waals surface area contributed by atoms with Crippen molar-refractivity contribution >= 4 is 23.3 Å². The van der Waals surface area contributed by atoms with Crippen LogP contribution in [0.25, 0.3) is 5.69 Å². The maximum atomic E-state index is 13.2. The molecule has 0 atom stereocenters. The van der Waals surface area contributed by atoms with Crippen LogP contribution in [-0.4, -0.2) is 35.1 Å². The predicted molar refractivity (Wildman–Crippen MR) is 114 cm³/mol. The number of benzene rings is 2. The maximum Gasteiger partial charge on any atom is 0.340 e. The number of nitro groups is 1. The van der Waals surface area contributed by atoms with Crippen LogP contribution in [0.5, 0.6) is 5.75 Å². The van der Waals surface area contributed by atoms with E-state index >= 15 is 0 Å². The number of esters is 1. The number of ether oxygens (including phenoxy) is 2. The van der Waals surface area contributed by atoms with Crippen LogP contribution in [0.3, 0.4) is 0 Å². The van der Waals surface area contributed by atoms with Crippen molar-refractivity contribution in [2.24, 2.45) is 0 Å². The third-order valence-electron chi connectivity index (χ3n) is 4.74. The van der Waals surface area contributed by atoms with Crippen molar-refractivity contribution in [1.82, 2.24) is 4.57 Å². The fourth-order valence-corrected chi connectivity index (χ4v) is 3.26. The van der Waals surface area contributed by atoms with Crippen LogP contribution in [0.2, 0.25) is 0 Å². The van der Waals surface area contributed by atoms with Gasteiger partial charge in [0, 0.05) is 29.2 Å². The van der Waals surface area contributed by atoms with Crippen LogP contribution < -0.4 is 10.1 Å². The molecule has 0 unspecified atom stereocenters. The van der Waals surface area contributed by atoms with Crippen LogP contribution in [0.4, 0.5) is 15.8 Å². The fraction of sp³-hybridized carbons (Fsp3) is 0.182. The van der Waals surface area contributed by atoms with Gasteiger partial charge in [-0.2, -0.15) is 0 Å². The summed E-state index contributed by atoms with van der Waals surface area (Å²) in [4.78, 5) is 35.2. The number of nitrogens with zero attached hydrogens (tertiary/aromatic N) is 2. The Balaban J connectivity index is 1.71. The van der Waals surface area contributed by atoms with Gasteiger partial charge >= 0.3 is 5.97 Å². The van der Waals surface area contributed by atoms with E-state index in [0.29, 0.717) is 11.4 Å². The van der Waals surface area contributed by atoms with Crippen molar-refractivity contribution < 1.29 is 28.4 Å². The monoisotopic (exact) mass is 441 g/mol. The van der Waals surface area contributed by atoms with Crippen LogP contribution >= 0.6 is 0 Å². The number of hydrogen-bond acceptors (Lipinski definition) is 6. The molecule has 3 rings (SSSR count). The molecule has 166 valence electrons. The largest absolute Gasteiger partial charge is 0.495 e. The number of halogens is 1. The highest BCUT2D eigenvalue weighted by molar-refractivity contribution is 5.97. The van der Waals surface area contributed by atoms with E-state index in [1.165, 1.54) is 31.4 Å². The molecule has 2 aromatic carbocycles. The normalized spacial score (nSPS) is 10.5. The number of carbonyl (C=O) groups excluding carboxylic acids is 2. The van der Waals surface area contributed by atoms with E-state index in [9.17, 15) is 24.1 Å². The van der Waals surface area contributed by atoms with E-state index in [-0.39, 0.29) is 28.5 Å². The Morgan fingerprint density at radius 1 is 1.12 bits per heavy atom. The number of non-ortho nitro benzene ring substituents is 1. The Labute approximate surface area is 182 Å². The minimum absolute atomic E-state index is 0.0808. The zero-order valence-corrected chi connectivity index (χ0v) is 17.5. The number of aromatic nitrogens is 1. The summed E-state index contributed by atoms with van der Waals surface area (Å²) in [6.07, 6.45) is 0. The third kappa shape index (κ3) is 4.75. The Bertz CT molecular complexity index is 1190. The molecule has 0 radical (unpaired) electrons. The second kappa shape index (κ2) is 9.29. The summed E-state index contributed by atoms with van der Waals surface area (Å²) >= 11 is 0. The molecule has 0 aliphatic heterocycles. The lowest BCUT2D eigenvalue weighted by atomic mass is 10.2. The Morgan fingerprint density at radius 3 is 2.44 bits per heavy atom. The number of rotatable bonds is 7. The minimum Gasteiger partial charge on any atom is -0.495 e. The lowest BCUT2D eigenvalue weighted by Crippen LogP contribution is -2.21. The fourth-order valence-electron chi connectivity index (χ4n) is 3.26. The maximum absolute atomic E-state index is 13.2. The molecule has 32 heavy (non-hydrogen) atoms. The number of nitrogens with one attached hydrogen (secondary N) is 1. The highest BCUT2D eigenvalue weighted by Crippen LogP contribution is 2.29. The summed E-state index contributed by atoms with van der Waals surface area (Å²) in [5.41, 5.74) is 2.08. The van der Waals surface area contributed by atoms with E-state index in [0.717, 1.165) is 11.8 Å². The number of carbonyl (C=O) groups is 2. The molecule has 9 nitrogen and oxygen atoms in total. The van der Waals surface area contributed by atoms with Gasteiger partial charge in [0.2, 0.25) is 0 Å². The Kier molecular flexibility index (Phi) is 6.53. The number of methoxy groups -OCH3 is 1. The van der Waals surface area contributed by atoms with Gasteiger partial charge in [-0.25, -0.2) is 9.18 Å². The van der Waals surface area contributed by atoms with Gasteiger partial charge in [-0.05, 0) is 50.2 Å². The zero-order chi connectivity index (χ0) is 23.4. The van der Waals surface area contributed by atoms with Gasteiger partial charge in [0.05, 0.1) is 23.3 Å². The smallest absolute Gasteiger partial charge is 0.340 e. The standard InChI is InChI=1S/C22H20FN3O6/c1-13-10-18(14(2)25(13)16-6-4-15(23)5-7-16)22(28)32-12-21(27)24-19-11-17(26(29)30)8-9-20(19)31-3/h4-11H,12H2,1-3H3,(H,24,27). The predicted octanol–water partition coefficient (Wildman–Crippen LogP) is 3.95. The summed E-state index contributed by atoms with van der Waals surface area (Å²) in [5, 5.41) is 13.4. The molecule has 0 aliphatic carbocycles. The molecule has 0 spiro atoms. The zero-order valence-electron chi connectivity index (χ0n) is 17.5. The molecule has 1 amide bonds. The number of hydrogen-bond donors (Lipinski definition) is 1. The second-order valence-electron chi connectivity index (χ2n) is 6.86. The average Bonchev–Trinajstić information content (AvgIpc) is 3.06. The van der Waals surface area contributed by atoms with Crippen molar-refractivity contribution in [2.45, 2.75) is 13.8 Å². The number of amides is 1. The first-order chi connectivity index (χ1) is 15.2. The lowest BCUT2D eigenvalue weighted by molar-refractivity contribution is -0.384. The van der Waals surface area contributed by atoms with Crippen molar-refractivity contribution in [2.75, 3.05) is 19.0 Å². The van der Waals surface area contributed by atoms with Crippen LogP contribution in [0, 0.1) is 29.8 Å². The number of aryl methyl sites for hydroxylation is 1. The van der Waals surface area contributed by atoms with Crippen LogP contribution in [0.15, 0.2) is 48.5 Å². The van der Waals surface area contributed by atoms with Crippen LogP contribution in [0.1, 0.15) is 21.7 Å². The highest BCUT2D eigenvalue weighted by atomic mass is 19.1. The summed E-state index contributed by atoms with van der Waals surface area (Å²) in [6, 6.07) is 11.2. The Morgan fingerprint density at radius 2 is 1.81 bits per heavy atom. The molecular formula is C22H20FN3O6. The molecule has 3 aromatic rings. The lowest BCUT2D eigenvalue weighted by Gasteiger charge is -2.11. The highest BCUT2D eigenvalue weighted by Gasteiger charge is 2.20. The number of anilines is 1. The van der Waals surface area contributed by atoms with Gasteiger partial charge < -0.3 is 19.4 Å². The first-order valence-electron chi connectivity index (χ1n) is 9.45. The Hall–Kier alpha value is -4.21. The van der Waals surface area contributed by atoms with Crippen molar-refractivity contribution in [3.63, 3.8) is 0 Å². The van der Waals surface area contributed by atoms with Crippen molar-refractivity contribution in [3.05, 3.63) is 81.4 Å². The van der Waals surface area contributed by atoms with Gasteiger partial charge in [-0.3, -0.25) is 14.9 Å². The van der Waals surface area contributed by atoms with E-state index in [1.54, 1.807) is 36.6 Å². The summed E-state index contributed by atoms with van der Waals surface area (Å²) in [5.74, 6) is -1.56. The molecule has 1 aromatic heterocycles. The summed E-state index contributed by atoms with van der Waals surface area (Å²) in [6.45, 7) is 2.89. The molecule has 0 fully saturated rings. The molecule has 1 heterocycles. The summed E-state index contributed by atoms with van der Waals surface area (Å²) in [7, 11) is 1.35. The molecule has 0 saturated carbocycles. The summed E-state index contributed by atoms with van der Waals surface area (Å²) < 4.78 is 25.2. The second-order valence-corrected chi connectivity index (χ2v) is 6.86. The molecule has 0 bridgehead atoms. The topological polar surface area (TPSA) is 113 Å². The van der Waals surface area contributed by atoms with E-state index in [1.807, 2.05) is 0 Å². The molecule has 0 aliphatic rings. The minimum atomic E-state index is -0.715. The first-order valence-corrected chi connectivity index (χ1v) is 9.45. The van der Waals surface area contributed by atoms with Gasteiger partial charge in [-0.15, -0.1) is 0 Å². The SMILES string of the molecule is COc1ccc([N+](=O)[O-])cc1NC(=O)COC(=O)c1cc(C)n(-c2ccc(F)cc2)c1C. The third-order valence-corrected chi connectivity index (χ3v) is 4.74. The first kappa shape index (κ1) is 22.5. The van der Waals surface area contributed by atoms with Crippen LogP contribution in [-0.2, 0) is 9.53 Å². The van der Waals surface area contributed by atoms with Crippen molar-refractivity contribution in [1.29, 1.82) is 0 Å².